The van der Waals surface area contributed by atoms with Crippen molar-refractivity contribution in [2.75, 3.05) is 13.2 Å². The molecule has 0 saturated heterocycles. The number of carbonyl (C=O) groups is 2. The molecule has 0 saturated carbocycles. The second-order valence-corrected chi connectivity index (χ2v) is 16.5. The number of hydrogen-bond donors (Lipinski definition) is 0. The summed E-state index contributed by atoms with van der Waals surface area (Å²) in [6.45, 7) is 5.71. The number of esters is 2. The van der Waals surface area contributed by atoms with Crippen molar-refractivity contribution >= 4 is 35.7 Å². The van der Waals surface area contributed by atoms with Crippen molar-refractivity contribution in [3.05, 3.63) is 178 Å². The van der Waals surface area contributed by atoms with Gasteiger partial charge in [-0.3, -0.25) is 9.98 Å². The molecule has 0 unspecified atom stereocenters. The van der Waals surface area contributed by atoms with Gasteiger partial charge in [-0.2, -0.15) is 0 Å². The van der Waals surface area contributed by atoms with Gasteiger partial charge in [0.25, 0.3) is 0 Å². The molecule has 8 nitrogen and oxygen atoms in total. The van der Waals surface area contributed by atoms with Crippen molar-refractivity contribution in [2.45, 2.75) is 97.3 Å². The zero-order valence-electron chi connectivity index (χ0n) is 38.6. The van der Waals surface area contributed by atoms with E-state index in [2.05, 4.69) is 23.8 Å². The summed E-state index contributed by atoms with van der Waals surface area (Å²) in [4.78, 5) is 34.1. The van der Waals surface area contributed by atoms with Crippen LogP contribution in [-0.2, 0) is 6.42 Å². The van der Waals surface area contributed by atoms with E-state index in [-0.39, 0.29) is 11.4 Å². The first-order chi connectivity index (χ1) is 32.8. The topological polar surface area (TPSA) is 95.8 Å². The summed E-state index contributed by atoms with van der Waals surface area (Å²) in [5, 5.41) is 0. The fourth-order valence-corrected chi connectivity index (χ4v) is 7.15. The predicted octanol–water partition coefficient (Wildman–Crippen LogP) is 15.0. The first-order valence-corrected chi connectivity index (χ1v) is 23.5. The lowest BCUT2D eigenvalue weighted by molar-refractivity contribution is 0.0725. The number of carbonyl (C=O) groups excluding carboxylic acids is 2. The summed E-state index contributed by atoms with van der Waals surface area (Å²) in [6.07, 6.45) is 17.7. The van der Waals surface area contributed by atoms with E-state index < -0.39 is 23.6 Å². The molecule has 0 amide bonds. The van der Waals surface area contributed by atoms with Crippen molar-refractivity contribution in [1.29, 1.82) is 0 Å². The lowest BCUT2D eigenvalue weighted by Gasteiger charge is -2.08. The minimum atomic E-state index is -0.515. The Hall–Kier alpha value is -6.94. The molecule has 67 heavy (non-hydrogen) atoms. The molecular formula is C57H60F2N2O6. The van der Waals surface area contributed by atoms with E-state index in [0.717, 1.165) is 37.2 Å². The van der Waals surface area contributed by atoms with Crippen LogP contribution >= 0.6 is 0 Å². The van der Waals surface area contributed by atoms with Crippen LogP contribution in [0.15, 0.2) is 143 Å². The zero-order valence-corrected chi connectivity index (χ0v) is 38.6. The SMILES string of the molecule is CCCCCCCCOc1ccc(C(=O)Oc2ccc(C=Nc3ccc(Cc4ccc(N=Cc5ccc(OC(=O)c6ccc(OCCCCCCCC)cc6)cc5)c(F)c4)cc3F)cc2)cc1. The van der Waals surface area contributed by atoms with Crippen molar-refractivity contribution < 1.29 is 37.3 Å². The molecule has 0 aliphatic carbocycles. The van der Waals surface area contributed by atoms with Gasteiger partial charge in [-0.25, -0.2) is 18.4 Å². The molecule has 0 fully saturated rings. The lowest BCUT2D eigenvalue weighted by Crippen LogP contribution is -2.08. The predicted molar refractivity (Wildman–Crippen MR) is 264 cm³/mol. The normalized spacial score (nSPS) is 11.3. The van der Waals surface area contributed by atoms with Crippen LogP contribution in [-0.4, -0.2) is 37.6 Å². The molecule has 0 spiro atoms. The molecule has 6 aromatic carbocycles. The Kier molecular flexibility index (Phi) is 19.9. The lowest BCUT2D eigenvalue weighted by atomic mass is 10.0. The molecule has 0 bridgehead atoms. The number of benzene rings is 6. The highest BCUT2D eigenvalue weighted by Gasteiger charge is 2.12. The van der Waals surface area contributed by atoms with Crippen molar-refractivity contribution in [1.82, 2.24) is 0 Å². The van der Waals surface area contributed by atoms with Crippen LogP contribution in [0.4, 0.5) is 20.2 Å². The van der Waals surface area contributed by atoms with Gasteiger partial charge in [0.15, 0.2) is 0 Å². The van der Waals surface area contributed by atoms with Gasteiger partial charge in [0.1, 0.15) is 34.6 Å². The minimum Gasteiger partial charge on any atom is -0.494 e. The molecule has 0 radical (unpaired) electrons. The molecular weight excluding hydrogens is 847 g/mol. The van der Waals surface area contributed by atoms with Crippen LogP contribution < -0.4 is 18.9 Å². The molecule has 10 heteroatoms. The number of unbranched alkanes of at least 4 members (excludes halogenated alkanes) is 10. The van der Waals surface area contributed by atoms with Gasteiger partial charge in [0, 0.05) is 12.4 Å². The summed E-state index contributed by atoms with van der Waals surface area (Å²) in [5.74, 6) is 0.170. The molecule has 0 aliphatic rings. The Morgan fingerprint density at radius 2 is 0.806 bits per heavy atom. The van der Waals surface area contributed by atoms with E-state index in [1.54, 1.807) is 121 Å². The third kappa shape index (κ3) is 16.8. The van der Waals surface area contributed by atoms with Crippen LogP contribution in [0.1, 0.15) is 134 Å². The van der Waals surface area contributed by atoms with Gasteiger partial charge < -0.3 is 18.9 Å². The molecule has 6 aromatic rings. The summed E-state index contributed by atoms with van der Waals surface area (Å²) in [5.41, 5.74) is 3.80. The second kappa shape index (κ2) is 26.9. The van der Waals surface area contributed by atoms with E-state index in [0.29, 0.717) is 64.5 Å². The minimum absolute atomic E-state index is 0.148. The van der Waals surface area contributed by atoms with Crippen LogP contribution in [0.5, 0.6) is 23.0 Å². The zero-order chi connectivity index (χ0) is 47.1. The summed E-state index contributed by atoms with van der Waals surface area (Å²) < 4.78 is 53.0. The number of hydrogen-bond acceptors (Lipinski definition) is 8. The number of aliphatic imine (C=N–C) groups is 2. The third-order valence-electron chi connectivity index (χ3n) is 11.0. The van der Waals surface area contributed by atoms with E-state index in [1.165, 1.54) is 75.9 Å². The maximum atomic E-state index is 15.1. The van der Waals surface area contributed by atoms with Crippen molar-refractivity contribution in [3.63, 3.8) is 0 Å². The van der Waals surface area contributed by atoms with E-state index in [4.69, 9.17) is 18.9 Å². The molecule has 348 valence electrons. The summed E-state index contributed by atoms with van der Waals surface area (Å²) in [6, 6.07) is 36.8. The van der Waals surface area contributed by atoms with E-state index >= 15 is 8.78 Å². The third-order valence-corrected chi connectivity index (χ3v) is 11.0. The highest BCUT2D eigenvalue weighted by molar-refractivity contribution is 5.92. The van der Waals surface area contributed by atoms with Gasteiger partial charge in [0.2, 0.25) is 0 Å². The summed E-state index contributed by atoms with van der Waals surface area (Å²) >= 11 is 0. The average molecular weight is 907 g/mol. The van der Waals surface area contributed by atoms with Crippen LogP contribution in [0.2, 0.25) is 0 Å². The Labute approximate surface area is 393 Å². The monoisotopic (exact) mass is 906 g/mol. The molecule has 0 aromatic heterocycles. The highest BCUT2D eigenvalue weighted by atomic mass is 19.1. The Bertz CT molecular complexity index is 2350. The quantitative estimate of drug-likeness (QED) is 0.0233. The smallest absolute Gasteiger partial charge is 0.343 e. The summed E-state index contributed by atoms with van der Waals surface area (Å²) in [7, 11) is 0. The number of nitrogens with zero attached hydrogens (tertiary/aromatic N) is 2. The molecule has 0 heterocycles. The van der Waals surface area contributed by atoms with Gasteiger partial charge >= 0.3 is 11.9 Å². The fraction of sp³-hybridized carbons (Fsp3) is 0.298. The van der Waals surface area contributed by atoms with Crippen molar-refractivity contribution in [2.24, 2.45) is 9.98 Å². The van der Waals surface area contributed by atoms with Crippen LogP contribution in [0.3, 0.4) is 0 Å². The van der Waals surface area contributed by atoms with Crippen LogP contribution in [0.25, 0.3) is 0 Å². The average Bonchev–Trinajstić information content (AvgIpc) is 3.34. The first kappa shape index (κ1) is 49.5. The largest absolute Gasteiger partial charge is 0.494 e. The van der Waals surface area contributed by atoms with Crippen molar-refractivity contribution in [3.8, 4) is 23.0 Å². The number of ether oxygens (including phenoxy) is 4. The van der Waals surface area contributed by atoms with Gasteiger partial charge in [-0.1, -0.05) is 90.2 Å². The van der Waals surface area contributed by atoms with Gasteiger partial charge in [-0.15, -0.1) is 0 Å². The van der Waals surface area contributed by atoms with E-state index in [9.17, 15) is 9.59 Å². The molecule has 0 aliphatic heterocycles. The maximum Gasteiger partial charge on any atom is 0.343 e. The highest BCUT2D eigenvalue weighted by Crippen LogP contribution is 2.25. The molecule has 0 atom stereocenters. The van der Waals surface area contributed by atoms with E-state index in [1.807, 2.05) is 0 Å². The maximum absolute atomic E-state index is 15.1. The first-order valence-electron chi connectivity index (χ1n) is 23.5. The van der Waals surface area contributed by atoms with Gasteiger partial charge in [0.05, 0.1) is 35.7 Å². The van der Waals surface area contributed by atoms with Gasteiger partial charge in [-0.05, 0) is 163 Å². The number of rotatable bonds is 26. The molecule has 0 N–H and O–H groups in total. The number of halogens is 2. The standard InChI is InChI=1S/C57H60F2N2O6/c1-3-5-7-9-11-13-35-64-48-29-21-46(22-30-48)56(62)66-50-25-15-42(16-26-50)40-60-54-33-19-44(38-52(54)58)37-45-20-34-55(53(59)39-45)61-41-43-17-27-51(28-18-43)67-57(63)47-23-31-49(32-24-47)65-36-14-12-10-8-6-4-2/h15-34,38-41H,3-14,35-37H2,1-2H3. The fourth-order valence-electron chi connectivity index (χ4n) is 7.15. The Balaban J connectivity index is 0.921. The second-order valence-electron chi connectivity index (χ2n) is 16.5. The Morgan fingerprint density at radius 1 is 0.448 bits per heavy atom. The Morgan fingerprint density at radius 3 is 1.18 bits per heavy atom. The van der Waals surface area contributed by atoms with Crippen LogP contribution in [0, 0.1) is 11.6 Å². The molecule has 6 rings (SSSR count).